The Morgan fingerprint density at radius 3 is 2.17 bits per heavy atom. The second kappa shape index (κ2) is 12.1. The Hall–Kier alpha value is -2.29. The molecular formula is C25H33Cl2N3O4S. The molecule has 35 heavy (non-hydrogen) atoms. The lowest BCUT2D eigenvalue weighted by atomic mass is 10.0. The van der Waals surface area contributed by atoms with E-state index >= 15 is 0 Å². The topological polar surface area (TPSA) is 86.8 Å². The molecule has 2 aromatic carbocycles. The normalized spacial score (nSPS) is 12.5. The van der Waals surface area contributed by atoms with E-state index in [1.165, 1.54) is 4.90 Å². The van der Waals surface area contributed by atoms with Gasteiger partial charge in [0.25, 0.3) is 0 Å². The fourth-order valence-electron chi connectivity index (χ4n) is 3.62. The first-order chi connectivity index (χ1) is 16.2. The van der Waals surface area contributed by atoms with Gasteiger partial charge in [-0.15, -0.1) is 0 Å². The molecule has 0 bridgehead atoms. The van der Waals surface area contributed by atoms with Crippen LogP contribution >= 0.6 is 23.2 Å². The van der Waals surface area contributed by atoms with Gasteiger partial charge in [0.1, 0.15) is 12.6 Å². The Morgan fingerprint density at radius 2 is 1.63 bits per heavy atom. The summed E-state index contributed by atoms with van der Waals surface area (Å²) in [5, 5.41) is 3.59. The highest BCUT2D eigenvalue weighted by Crippen LogP contribution is 2.29. The summed E-state index contributed by atoms with van der Waals surface area (Å²) in [5.41, 5.74) is 1.81. The molecule has 1 N–H and O–H groups in total. The number of anilines is 1. The van der Waals surface area contributed by atoms with Gasteiger partial charge in [-0.05, 0) is 56.0 Å². The van der Waals surface area contributed by atoms with Crippen LogP contribution in [0.25, 0.3) is 0 Å². The zero-order valence-electron chi connectivity index (χ0n) is 20.9. The molecule has 1 atom stereocenters. The molecule has 2 rings (SSSR count). The van der Waals surface area contributed by atoms with Crippen LogP contribution < -0.4 is 9.62 Å². The SMILES string of the molecule is CC(C)NC(=O)[C@H](C)N(Cc1ccc(Cl)cc1Cl)C(=O)CN(c1ccccc1C(C)C)S(C)(=O)=O. The maximum absolute atomic E-state index is 13.6. The smallest absolute Gasteiger partial charge is 0.244 e. The second-order valence-electron chi connectivity index (χ2n) is 9.08. The molecule has 10 heteroatoms. The predicted octanol–water partition coefficient (Wildman–Crippen LogP) is 4.82. The van der Waals surface area contributed by atoms with Crippen LogP contribution in [-0.4, -0.2) is 50.0 Å². The third-order valence-electron chi connectivity index (χ3n) is 5.46. The van der Waals surface area contributed by atoms with Crippen LogP contribution in [-0.2, 0) is 26.2 Å². The van der Waals surface area contributed by atoms with Crippen molar-refractivity contribution in [2.75, 3.05) is 17.1 Å². The van der Waals surface area contributed by atoms with Crippen LogP contribution in [0.4, 0.5) is 5.69 Å². The van der Waals surface area contributed by atoms with Crippen LogP contribution in [0.5, 0.6) is 0 Å². The van der Waals surface area contributed by atoms with Crippen LogP contribution in [0, 0.1) is 0 Å². The standard InChI is InChI=1S/C25H33Cl2N3O4S/c1-16(2)21-9-7-8-10-23(21)30(35(6,33)34)15-24(31)29(18(5)25(32)28-17(3)4)14-19-11-12-20(26)13-22(19)27/h7-13,16-18H,14-15H2,1-6H3,(H,28,32)/t18-/m0/s1. The molecular weight excluding hydrogens is 509 g/mol. The van der Waals surface area contributed by atoms with Gasteiger partial charge in [0.05, 0.1) is 11.9 Å². The van der Waals surface area contributed by atoms with Crippen molar-refractivity contribution < 1.29 is 18.0 Å². The Bertz CT molecular complexity index is 1170. The number of hydrogen-bond donors (Lipinski definition) is 1. The van der Waals surface area contributed by atoms with E-state index < -0.39 is 28.5 Å². The summed E-state index contributed by atoms with van der Waals surface area (Å²) in [6.45, 7) is 8.69. The third-order valence-corrected chi connectivity index (χ3v) is 7.17. The minimum Gasteiger partial charge on any atom is -0.352 e. The fraction of sp³-hybridized carbons (Fsp3) is 0.440. The highest BCUT2D eigenvalue weighted by Gasteiger charge is 2.31. The molecule has 0 aliphatic rings. The summed E-state index contributed by atoms with van der Waals surface area (Å²) in [6.07, 6.45) is 1.06. The lowest BCUT2D eigenvalue weighted by Crippen LogP contribution is -2.52. The van der Waals surface area contributed by atoms with Crippen molar-refractivity contribution in [3.05, 3.63) is 63.6 Å². The van der Waals surface area contributed by atoms with Gasteiger partial charge < -0.3 is 10.2 Å². The number of carbonyl (C=O) groups is 2. The van der Waals surface area contributed by atoms with Crippen molar-refractivity contribution in [3.63, 3.8) is 0 Å². The first-order valence-electron chi connectivity index (χ1n) is 11.3. The minimum atomic E-state index is -3.81. The molecule has 192 valence electrons. The first-order valence-corrected chi connectivity index (χ1v) is 13.9. The molecule has 0 unspecified atom stereocenters. The Morgan fingerprint density at radius 1 is 1.00 bits per heavy atom. The van der Waals surface area contributed by atoms with E-state index in [9.17, 15) is 18.0 Å². The number of para-hydroxylation sites is 1. The van der Waals surface area contributed by atoms with Gasteiger partial charge in [-0.1, -0.05) is 61.3 Å². The maximum Gasteiger partial charge on any atom is 0.244 e. The van der Waals surface area contributed by atoms with Crippen LogP contribution in [0.3, 0.4) is 0 Å². The lowest BCUT2D eigenvalue weighted by Gasteiger charge is -2.32. The summed E-state index contributed by atoms with van der Waals surface area (Å²) in [4.78, 5) is 27.8. The zero-order chi connectivity index (χ0) is 26.5. The first kappa shape index (κ1) is 28.9. The van der Waals surface area contributed by atoms with E-state index in [0.717, 1.165) is 16.1 Å². The van der Waals surface area contributed by atoms with E-state index in [-0.39, 0.29) is 24.4 Å². The fourth-order valence-corrected chi connectivity index (χ4v) is 4.96. The Balaban J connectivity index is 2.49. The highest BCUT2D eigenvalue weighted by atomic mass is 35.5. The van der Waals surface area contributed by atoms with Gasteiger partial charge in [0, 0.05) is 22.6 Å². The number of rotatable bonds is 10. The van der Waals surface area contributed by atoms with Gasteiger partial charge in [-0.2, -0.15) is 0 Å². The van der Waals surface area contributed by atoms with E-state index in [4.69, 9.17) is 23.2 Å². The number of amides is 2. The number of benzene rings is 2. The zero-order valence-corrected chi connectivity index (χ0v) is 23.2. The predicted molar refractivity (Wildman–Crippen MR) is 142 cm³/mol. The molecule has 0 saturated carbocycles. The molecule has 2 aromatic rings. The number of carbonyl (C=O) groups excluding carboxylic acids is 2. The van der Waals surface area contributed by atoms with Crippen molar-refractivity contribution >= 4 is 50.7 Å². The molecule has 2 amide bonds. The van der Waals surface area contributed by atoms with Gasteiger partial charge in [0.15, 0.2) is 0 Å². The van der Waals surface area contributed by atoms with Gasteiger partial charge in [-0.3, -0.25) is 13.9 Å². The van der Waals surface area contributed by atoms with Crippen molar-refractivity contribution in [2.24, 2.45) is 0 Å². The van der Waals surface area contributed by atoms with Gasteiger partial charge in [0.2, 0.25) is 21.8 Å². The largest absolute Gasteiger partial charge is 0.352 e. The Labute approximate surface area is 218 Å². The van der Waals surface area contributed by atoms with Gasteiger partial charge >= 0.3 is 0 Å². The summed E-state index contributed by atoms with van der Waals surface area (Å²) in [6, 6.07) is 11.0. The van der Waals surface area contributed by atoms with Crippen LogP contribution in [0.1, 0.15) is 51.7 Å². The third kappa shape index (κ3) is 7.85. The van der Waals surface area contributed by atoms with E-state index in [2.05, 4.69) is 5.32 Å². The number of sulfonamides is 1. The summed E-state index contributed by atoms with van der Waals surface area (Å²) in [5.74, 6) is -0.858. The average Bonchev–Trinajstić information content (AvgIpc) is 2.75. The van der Waals surface area contributed by atoms with Crippen LogP contribution in [0.15, 0.2) is 42.5 Å². The quantitative estimate of drug-likeness (QED) is 0.466. The summed E-state index contributed by atoms with van der Waals surface area (Å²) >= 11 is 12.4. The number of nitrogens with one attached hydrogen (secondary N) is 1. The van der Waals surface area contributed by atoms with Gasteiger partial charge in [-0.25, -0.2) is 8.42 Å². The van der Waals surface area contributed by atoms with Crippen molar-refractivity contribution in [3.8, 4) is 0 Å². The molecule has 0 aromatic heterocycles. The molecule has 7 nitrogen and oxygen atoms in total. The number of halogens is 2. The maximum atomic E-state index is 13.6. The molecule has 0 fully saturated rings. The summed E-state index contributed by atoms with van der Waals surface area (Å²) in [7, 11) is -3.81. The minimum absolute atomic E-state index is 0.00491. The Kier molecular flexibility index (Phi) is 10.0. The van der Waals surface area contributed by atoms with E-state index in [1.807, 2.05) is 39.8 Å². The molecule has 0 aliphatic heterocycles. The molecule has 0 spiro atoms. The second-order valence-corrected chi connectivity index (χ2v) is 11.8. The number of hydrogen-bond acceptors (Lipinski definition) is 4. The monoisotopic (exact) mass is 541 g/mol. The van der Waals surface area contributed by atoms with Crippen molar-refractivity contribution in [1.29, 1.82) is 0 Å². The number of nitrogens with zero attached hydrogens (tertiary/aromatic N) is 2. The molecule has 0 saturated heterocycles. The average molecular weight is 543 g/mol. The van der Waals surface area contributed by atoms with Crippen LogP contribution in [0.2, 0.25) is 10.0 Å². The lowest BCUT2D eigenvalue weighted by molar-refractivity contribution is -0.139. The molecule has 0 aliphatic carbocycles. The van der Waals surface area contributed by atoms with E-state index in [0.29, 0.717) is 21.3 Å². The molecule has 0 radical (unpaired) electrons. The summed E-state index contributed by atoms with van der Waals surface area (Å²) < 4.78 is 26.7. The molecule has 0 heterocycles. The van der Waals surface area contributed by atoms with Crippen molar-refractivity contribution in [1.82, 2.24) is 10.2 Å². The van der Waals surface area contributed by atoms with Crippen molar-refractivity contribution in [2.45, 2.75) is 59.2 Å². The highest BCUT2D eigenvalue weighted by molar-refractivity contribution is 7.92. The van der Waals surface area contributed by atoms with E-state index in [1.54, 1.807) is 37.3 Å².